The number of nitrogens with zero attached hydrogens (tertiary/aromatic N) is 3. The van der Waals surface area contributed by atoms with E-state index in [1.807, 2.05) is 13.8 Å². The lowest BCUT2D eigenvalue weighted by atomic mass is 10.2. The summed E-state index contributed by atoms with van der Waals surface area (Å²) in [6, 6.07) is 6.93. The van der Waals surface area contributed by atoms with Crippen molar-refractivity contribution in [2.75, 3.05) is 5.75 Å². The molecule has 0 atom stereocenters. The lowest BCUT2D eigenvalue weighted by Crippen LogP contribution is -2.15. The van der Waals surface area contributed by atoms with Crippen LogP contribution in [0, 0.1) is 18.7 Å². The fourth-order valence-corrected chi connectivity index (χ4v) is 4.78. The molecule has 0 aliphatic carbocycles. The van der Waals surface area contributed by atoms with Gasteiger partial charge in [-0.1, -0.05) is 31.5 Å². The monoisotopic (exact) mass is 493 g/mol. The van der Waals surface area contributed by atoms with E-state index >= 15 is 0 Å². The predicted molar refractivity (Wildman–Crippen MR) is 126 cm³/mol. The van der Waals surface area contributed by atoms with Crippen molar-refractivity contribution in [2.24, 2.45) is 13.0 Å². The van der Waals surface area contributed by atoms with Crippen LogP contribution in [-0.2, 0) is 22.6 Å². The molecule has 0 unspecified atom stereocenters. The standard InChI is InChI=1S/C23H25ClFN3O4S/c1-14(2)9-10-33(30,31)13-17-11-19(16-6-8-20(29)28(4)12-16)27-23(26-17)32-22-18(25)7-5-15(3)21(22)24/h5-8,11-12,14H,9-10,13H2,1-4H3. The summed E-state index contributed by atoms with van der Waals surface area (Å²) in [4.78, 5) is 20.3. The summed E-state index contributed by atoms with van der Waals surface area (Å²) < 4.78 is 46.6. The summed E-state index contributed by atoms with van der Waals surface area (Å²) in [6.07, 6.45) is 2.08. The minimum atomic E-state index is -3.46. The predicted octanol–water partition coefficient (Wildman–Crippen LogP) is 4.70. The van der Waals surface area contributed by atoms with E-state index in [0.29, 0.717) is 23.2 Å². The van der Waals surface area contributed by atoms with Crippen LogP contribution >= 0.6 is 11.6 Å². The Kier molecular flexibility index (Phi) is 7.54. The number of hydrogen-bond donors (Lipinski definition) is 0. The van der Waals surface area contributed by atoms with E-state index in [2.05, 4.69) is 9.97 Å². The Hall–Kier alpha value is -2.78. The molecule has 0 aliphatic heterocycles. The molecule has 0 aliphatic rings. The first kappa shape index (κ1) is 24.9. The van der Waals surface area contributed by atoms with Crippen molar-refractivity contribution in [3.8, 4) is 23.0 Å². The van der Waals surface area contributed by atoms with Gasteiger partial charge in [0.2, 0.25) is 5.56 Å². The van der Waals surface area contributed by atoms with Crippen LogP contribution in [0.1, 0.15) is 31.5 Å². The van der Waals surface area contributed by atoms with Gasteiger partial charge in [0.25, 0.3) is 0 Å². The Morgan fingerprint density at radius 3 is 2.58 bits per heavy atom. The van der Waals surface area contributed by atoms with Crippen LogP contribution in [0.4, 0.5) is 4.39 Å². The highest BCUT2D eigenvalue weighted by Crippen LogP contribution is 2.34. The number of pyridine rings is 1. The van der Waals surface area contributed by atoms with Gasteiger partial charge >= 0.3 is 6.01 Å². The Labute approximate surface area is 197 Å². The Bertz CT molecular complexity index is 1340. The number of hydrogen-bond acceptors (Lipinski definition) is 6. The average Bonchev–Trinajstić information content (AvgIpc) is 2.74. The molecular weight excluding hydrogens is 469 g/mol. The zero-order valence-electron chi connectivity index (χ0n) is 18.8. The van der Waals surface area contributed by atoms with E-state index in [4.69, 9.17) is 16.3 Å². The summed E-state index contributed by atoms with van der Waals surface area (Å²) in [5.74, 6) is -1.04. The number of benzene rings is 1. The normalized spacial score (nSPS) is 11.7. The van der Waals surface area contributed by atoms with E-state index < -0.39 is 15.7 Å². The highest BCUT2D eigenvalue weighted by molar-refractivity contribution is 7.90. The lowest BCUT2D eigenvalue weighted by Gasteiger charge is -2.12. The second-order valence-electron chi connectivity index (χ2n) is 8.28. The van der Waals surface area contributed by atoms with Gasteiger partial charge < -0.3 is 9.30 Å². The smallest absolute Gasteiger partial charge is 0.322 e. The molecule has 1 aromatic carbocycles. The first-order chi connectivity index (χ1) is 15.4. The molecule has 0 saturated carbocycles. The maximum absolute atomic E-state index is 14.4. The van der Waals surface area contributed by atoms with Gasteiger partial charge in [-0.2, -0.15) is 9.97 Å². The molecule has 0 N–H and O–H groups in total. The first-order valence-corrected chi connectivity index (χ1v) is 12.5. The molecule has 3 aromatic rings. The Morgan fingerprint density at radius 2 is 1.91 bits per heavy atom. The lowest BCUT2D eigenvalue weighted by molar-refractivity contribution is 0.410. The maximum Gasteiger partial charge on any atom is 0.322 e. The second kappa shape index (κ2) is 10.0. The molecule has 0 radical (unpaired) electrons. The van der Waals surface area contributed by atoms with E-state index in [1.165, 1.54) is 28.8 Å². The molecule has 0 amide bonds. The fourth-order valence-electron chi connectivity index (χ4n) is 3.01. The van der Waals surface area contributed by atoms with E-state index in [9.17, 15) is 17.6 Å². The Morgan fingerprint density at radius 1 is 1.18 bits per heavy atom. The minimum Gasteiger partial charge on any atom is -0.420 e. The highest BCUT2D eigenvalue weighted by Gasteiger charge is 2.19. The zero-order chi connectivity index (χ0) is 24.3. The summed E-state index contributed by atoms with van der Waals surface area (Å²) in [5, 5.41) is 0.0669. The second-order valence-corrected chi connectivity index (χ2v) is 10.8. The van der Waals surface area contributed by atoms with Gasteiger partial charge in [-0.3, -0.25) is 4.79 Å². The molecule has 10 heteroatoms. The SMILES string of the molecule is Cc1ccc(F)c(Oc2nc(CS(=O)(=O)CCC(C)C)cc(-c3ccc(=O)n(C)c3)n2)c1Cl. The quantitative estimate of drug-likeness (QED) is 0.452. The molecular formula is C23H25ClFN3O4S. The van der Waals surface area contributed by atoms with Gasteiger partial charge in [0.05, 0.1) is 27.9 Å². The number of aryl methyl sites for hydroxylation is 2. The van der Waals surface area contributed by atoms with Gasteiger partial charge in [-0.05, 0) is 43.0 Å². The molecule has 0 fully saturated rings. The van der Waals surface area contributed by atoms with Crippen LogP contribution in [0.25, 0.3) is 11.3 Å². The summed E-state index contributed by atoms with van der Waals surface area (Å²) in [6.45, 7) is 5.59. The van der Waals surface area contributed by atoms with Crippen LogP contribution in [0.5, 0.6) is 11.8 Å². The van der Waals surface area contributed by atoms with Gasteiger partial charge in [0.1, 0.15) is 0 Å². The van der Waals surface area contributed by atoms with Crippen molar-refractivity contribution in [2.45, 2.75) is 32.9 Å². The third-order valence-electron chi connectivity index (χ3n) is 4.95. The van der Waals surface area contributed by atoms with Gasteiger partial charge in [-0.15, -0.1) is 0 Å². The molecule has 0 bridgehead atoms. The van der Waals surface area contributed by atoms with Crippen molar-refractivity contribution < 1.29 is 17.5 Å². The molecule has 2 heterocycles. The number of halogens is 2. The number of rotatable bonds is 8. The molecule has 2 aromatic heterocycles. The van der Waals surface area contributed by atoms with Crippen LogP contribution in [0.3, 0.4) is 0 Å². The highest BCUT2D eigenvalue weighted by atomic mass is 35.5. The van der Waals surface area contributed by atoms with Crippen molar-refractivity contribution in [3.05, 3.63) is 69.0 Å². The van der Waals surface area contributed by atoms with Crippen molar-refractivity contribution in [1.82, 2.24) is 14.5 Å². The zero-order valence-corrected chi connectivity index (χ0v) is 20.4. The van der Waals surface area contributed by atoms with Gasteiger partial charge in [-0.25, -0.2) is 12.8 Å². The van der Waals surface area contributed by atoms with Gasteiger partial charge in [0, 0.05) is 24.9 Å². The van der Waals surface area contributed by atoms with Crippen LogP contribution in [-0.4, -0.2) is 28.7 Å². The molecule has 176 valence electrons. The van der Waals surface area contributed by atoms with Crippen LogP contribution in [0.15, 0.2) is 41.3 Å². The fraction of sp³-hybridized carbons (Fsp3) is 0.348. The largest absolute Gasteiger partial charge is 0.420 e. The van der Waals surface area contributed by atoms with E-state index in [-0.39, 0.29) is 45.5 Å². The first-order valence-electron chi connectivity index (χ1n) is 10.3. The van der Waals surface area contributed by atoms with Crippen LogP contribution < -0.4 is 10.3 Å². The number of sulfone groups is 1. The summed E-state index contributed by atoms with van der Waals surface area (Å²) in [5.41, 5.74) is 1.44. The summed E-state index contributed by atoms with van der Waals surface area (Å²) in [7, 11) is -1.87. The molecule has 0 saturated heterocycles. The number of aromatic nitrogens is 3. The minimum absolute atomic E-state index is 0.0123. The molecule has 0 spiro atoms. The van der Waals surface area contributed by atoms with Crippen molar-refractivity contribution >= 4 is 21.4 Å². The number of ether oxygens (including phenoxy) is 1. The van der Waals surface area contributed by atoms with E-state index in [1.54, 1.807) is 26.2 Å². The van der Waals surface area contributed by atoms with Crippen LogP contribution in [0.2, 0.25) is 5.02 Å². The Balaban J connectivity index is 2.07. The third-order valence-corrected chi connectivity index (χ3v) is 7.01. The molecule has 3 rings (SSSR count). The van der Waals surface area contributed by atoms with Gasteiger partial charge in [0.15, 0.2) is 21.4 Å². The molecule has 7 nitrogen and oxygen atoms in total. The maximum atomic E-state index is 14.4. The molecule has 33 heavy (non-hydrogen) atoms. The van der Waals surface area contributed by atoms with Crippen molar-refractivity contribution in [1.29, 1.82) is 0 Å². The third kappa shape index (κ3) is 6.39. The average molecular weight is 494 g/mol. The topological polar surface area (TPSA) is 91.1 Å². The van der Waals surface area contributed by atoms with E-state index in [0.717, 1.165) is 0 Å². The summed E-state index contributed by atoms with van der Waals surface area (Å²) >= 11 is 6.21. The van der Waals surface area contributed by atoms with Crippen molar-refractivity contribution in [3.63, 3.8) is 0 Å².